The molecular formula is C8H7ClINO2. The fourth-order valence-electron chi connectivity index (χ4n) is 0.948. The molecule has 0 aliphatic heterocycles. The summed E-state index contributed by atoms with van der Waals surface area (Å²) in [6.07, 6.45) is 0. The smallest absolute Gasteiger partial charge is 0.326 e. The number of carbonyl (C=O) groups is 1. The molecule has 0 aliphatic rings. The lowest BCUT2D eigenvalue weighted by molar-refractivity contribution is -0.138. The molecule has 0 bridgehead atoms. The van der Waals surface area contributed by atoms with E-state index in [1.807, 2.05) is 0 Å². The number of carboxylic acid groups (broad SMARTS) is 1. The van der Waals surface area contributed by atoms with Gasteiger partial charge in [0.2, 0.25) is 0 Å². The summed E-state index contributed by atoms with van der Waals surface area (Å²) in [5, 5.41) is 9.28. The third-order valence-corrected chi connectivity index (χ3v) is 2.54. The highest BCUT2D eigenvalue weighted by Gasteiger charge is 2.19. The molecule has 0 fully saturated rings. The van der Waals surface area contributed by atoms with Crippen LogP contribution in [0.15, 0.2) is 24.3 Å². The van der Waals surface area contributed by atoms with Gasteiger partial charge in [-0.25, -0.2) is 3.53 Å². The highest BCUT2D eigenvalue weighted by Crippen LogP contribution is 2.23. The first-order chi connectivity index (χ1) is 6.16. The van der Waals surface area contributed by atoms with Crippen molar-refractivity contribution in [2.45, 2.75) is 6.04 Å². The molecule has 1 aromatic carbocycles. The molecule has 1 rings (SSSR count). The highest BCUT2D eigenvalue weighted by atomic mass is 127. The summed E-state index contributed by atoms with van der Waals surface area (Å²) in [6, 6.07) is 6.12. The number of halogens is 2. The van der Waals surface area contributed by atoms with E-state index >= 15 is 0 Å². The molecule has 3 nitrogen and oxygen atoms in total. The lowest BCUT2D eigenvalue weighted by atomic mass is 10.1. The molecule has 13 heavy (non-hydrogen) atoms. The van der Waals surface area contributed by atoms with Gasteiger partial charge < -0.3 is 5.11 Å². The van der Waals surface area contributed by atoms with Crippen LogP contribution in [0, 0.1) is 0 Å². The Balaban J connectivity index is 3.04. The van der Waals surface area contributed by atoms with Crippen LogP contribution >= 0.6 is 34.5 Å². The Hall–Kier alpha value is -0.330. The van der Waals surface area contributed by atoms with Gasteiger partial charge in [-0.2, -0.15) is 0 Å². The van der Waals surface area contributed by atoms with E-state index < -0.39 is 12.0 Å². The summed E-state index contributed by atoms with van der Waals surface area (Å²) in [5.41, 5.74) is 0.575. The Morgan fingerprint density at radius 2 is 2.15 bits per heavy atom. The Kier molecular flexibility index (Phi) is 3.95. The molecule has 0 unspecified atom stereocenters. The van der Waals surface area contributed by atoms with Gasteiger partial charge in [-0.1, -0.05) is 29.8 Å². The van der Waals surface area contributed by atoms with Gasteiger partial charge in [0, 0.05) is 27.9 Å². The standard InChI is InChI=1S/C8H7ClINO2/c9-6-4-2-1-3-5(6)7(11-10)8(12)13/h1-4,7,11H,(H,12,13)/t7-/m1/s1. The van der Waals surface area contributed by atoms with Crippen molar-refractivity contribution >= 4 is 40.4 Å². The van der Waals surface area contributed by atoms with E-state index in [0.717, 1.165) is 0 Å². The maximum atomic E-state index is 10.8. The minimum absolute atomic E-state index is 0.457. The van der Waals surface area contributed by atoms with Crippen molar-refractivity contribution in [1.82, 2.24) is 3.53 Å². The van der Waals surface area contributed by atoms with Gasteiger partial charge >= 0.3 is 5.97 Å². The van der Waals surface area contributed by atoms with Crippen LogP contribution in [0.5, 0.6) is 0 Å². The highest BCUT2D eigenvalue weighted by molar-refractivity contribution is 14.1. The Bertz CT molecular complexity index is 319. The predicted molar refractivity (Wildman–Crippen MR) is 59.0 cm³/mol. The molecule has 0 amide bonds. The molecule has 70 valence electrons. The number of benzene rings is 1. The molecule has 0 saturated carbocycles. The number of hydrogen-bond donors (Lipinski definition) is 2. The average Bonchev–Trinajstić information content (AvgIpc) is 2.09. The van der Waals surface area contributed by atoms with Gasteiger partial charge in [0.25, 0.3) is 0 Å². The van der Waals surface area contributed by atoms with Gasteiger partial charge in [-0.15, -0.1) is 0 Å². The molecule has 0 spiro atoms. The van der Waals surface area contributed by atoms with E-state index in [1.54, 1.807) is 47.1 Å². The second kappa shape index (κ2) is 4.78. The number of nitrogens with one attached hydrogen (secondary N) is 1. The van der Waals surface area contributed by atoms with Crippen molar-refractivity contribution in [3.63, 3.8) is 0 Å². The van der Waals surface area contributed by atoms with Crippen LogP contribution in [0.1, 0.15) is 11.6 Å². The predicted octanol–water partition coefficient (Wildman–Crippen LogP) is 2.41. The monoisotopic (exact) mass is 311 g/mol. The lowest BCUT2D eigenvalue weighted by Gasteiger charge is -2.11. The lowest BCUT2D eigenvalue weighted by Crippen LogP contribution is -2.21. The van der Waals surface area contributed by atoms with Gasteiger partial charge in [-0.05, 0) is 11.6 Å². The average molecular weight is 312 g/mol. The summed E-state index contributed by atoms with van der Waals surface area (Å²) in [6.45, 7) is 0. The molecule has 2 N–H and O–H groups in total. The Morgan fingerprint density at radius 1 is 1.54 bits per heavy atom. The van der Waals surface area contributed by atoms with E-state index in [2.05, 4.69) is 3.53 Å². The van der Waals surface area contributed by atoms with Crippen molar-refractivity contribution in [3.05, 3.63) is 34.9 Å². The van der Waals surface area contributed by atoms with Gasteiger partial charge in [0.05, 0.1) is 0 Å². The van der Waals surface area contributed by atoms with Crippen molar-refractivity contribution in [2.75, 3.05) is 0 Å². The first-order valence-electron chi connectivity index (χ1n) is 3.50. The first kappa shape index (κ1) is 10.7. The van der Waals surface area contributed by atoms with Crippen LogP contribution in [0.3, 0.4) is 0 Å². The molecule has 5 heteroatoms. The number of hydrogen-bond acceptors (Lipinski definition) is 2. The van der Waals surface area contributed by atoms with Crippen LogP contribution in [-0.2, 0) is 4.79 Å². The number of rotatable bonds is 3. The summed E-state index contributed by atoms with van der Waals surface area (Å²) >= 11 is 7.63. The third-order valence-electron chi connectivity index (χ3n) is 1.57. The Morgan fingerprint density at radius 3 is 2.62 bits per heavy atom. The van der Waals surface area contributed by atoms with Gasteiger partial charge in [-0.3, -0.25) is 4.79 Å². The van der Waals surface area contributed by atoms with Crippen LogP contribution in [0.4, 0.5) is 0 Å². The minimum Gasteiger partial charge on any atom is -0.480 e. The molecule has 0 aliphatic carbocycles. The van der Waals surface area contributed by atoms with Gasteiger partial charge in [0.1, 0.15) is 6.04 Å². The van der Waals surface area contributed by atoms with Crippen LogP contribution in [0.25, 0.3) is 0 Å². The summed E-state index contributed by atoms with van der Waals surface area (Å²) in [5.74, 6) is -0.942. The second-order valence-electron chi connectivity index (χ2n) is 2.40. The van der Waals surface area contributed by atoms with Crippen molar-refractivity contribution < 1.29 is 9.90 Å². The van der Waals surface area contributed by atoms with E-state index in [-0.39, 0.29) is 0 Å². The summed E-state index contributed by atoms with van der Waals surface area (Å²) in [7, 11) is 0. The molecule has 0 saturated heterocycles. The zero-order chi connectivity index (χ0) is 9.84. The Labute approximate surface area is 94.6 Å². The number of aliphatic carboxylic acids is 1. The maximum Gasteiger partial charge on any atom is 0.326 e. The SMILES string of the molecule is O=C(O)[C@H](NI)c1ccccc1Cl. The topological polar surface area (TPSA) is 49.3 Å². The molecule has 0 heterocycles. The van der Waals surface area contributed by atoms with Crippen LogP contribution in [0.2, 0.25) is 5.02 Å². The van der Waals surface area contributed by atoms with Crippen LogP contribution < -0.4 is 3.53 Å². The normalized spacial score (nSPS) is 12.5. The fraction of sp³-hybridized carbons (Fsp3) is 0.125. The van der Waals surface area contributed by atoms with Crippen molar-refractivity contribution in [2.24, 2.45) is 0 Å². The minimum atomic E-state index is -0.942. The summed E-state index contributed by atoms with van der Waals surface area (Å²) in [4.78, 5) is 10.8. The molecule has 1 atom stereocenters. The molecular weight excluding hydrogens is 304 g/mol. The zero-order valence-corrected chi connectivity index (χ0v) is 9.41. The largest absolute Gasteiger partial charge is 0.480 e. The molecule has 0 radical (unpaired) electrons. The van der Waals surface area contributed by atoms with Crippen LogP contribution in [-0.4, -0.2) is 11.1 Å². The second-order valence-corrected chi connectivity index (χ2v) is 3.43. The van der Waals surface area contributed by atoms with Crippen molar-refractivity contribution in [1.29, 1.82) is 0 Å². The van der Waals surface area contributed by atoms with E-state index in [0.29, 0.717) is 10.6 Å². The first-order valence-corrected chi connectivity index (χ1v) is 4.96. The maximum absolute atomic E-state index is 10.8. The fourth-order valence-corrected chi connectivity index (χ4v) is 1.79. The van der Waals surface area contributed by atoms with E-state index in [1.165, 1.54) is 0 Å². The molecule has 0 aromatic heterocycles. The molecule has 1 aromatic rings. The quantitative estimate of drug-likeness (QED) is 0.666. The van der Waals surface area contributed by atoms with E-state index in [9.17, 15) is 4.79 Å². The summed E-state index contributed by atoms with van der Waals surface area (Å²) < 4.78 is 2.64. The zero-order valence-electron chi connectivity index (χ0n) is 6.50. The van der Waals surface area contributed by atoms with E-state index in [4.69, 9.17) is 16.7 Å². The number of carboxylic acids is 1. The van der Waals surface area contributed by atoms with Crippen molar-refractivity contribution in [3.8, 4) is 0 Å². The third kappa shape index (κ3) is 2.55. The van der Waals surface area contributed by atoms with Gasteiger partial charge in [0.15, 0.2) is 0 Å².